The molecule has 0 aliphatic heterocycles. The highest BCUT2D eigenvalue weighted by atomic mass is 16.2. The van der Waals surface area contributed by atoms with E-state index in [0.29, 0.717) is 13.0 Å². The molecule has 0 unspecified atom stereocenters. The van der Waals surface area contributed by atoms with Crippen LogP contribution in [0.4, 0.5) is 0 Å². The van der Waals surface area contributed by atoms with Crippen LogP contribution in [0, 0.1) is 13.8 Å². The van der Waals surface area contributed by atoms with Gasteiger partial charge in [0, 0.05) is 11.7 Å². The number of hydrogen-bond donors (Lipinski definition) is 1. The maximum atomic E-state index is 12.9. The molecule has 0 fully saturated rings. The predicted molar refractivity (Wildman–Crippen MR) is 117 cm³/mol. The van der Waals surface area contributed by atoms with E-state index in [-0.39, 0.29) is 17.0 Å². The first-order valence-corrected chi connectivity index (χ1v) is 9.87. The molecule has 150 valence electrons. The summed E-state index contributed by atoms with van der Waals surface area (Å²) < 4.78 is 1.58. The zero-order chi connectivity index (χ0) is 21.0. The molecule has 1 heterocycles. The Bertz CT molecular complexity index is 1080. The Hall–Kier alpha value is -3.14. The lowest BCUT2D eigenvalue weighted by atomic mass is 9.92. The number of pyridine rings is 1. The summed E-state index contributed by atoms with van der Waals surface area (Å²) in [5.41, 5.74) is 3.95. The minimum Gasteiger partial charge on any atom is -0.347 e. The molecule has 0 atom stereocenters. The van der Waals surface area contributed by atoms with E-state index in [9.17, 15) is 9.59 Å². The van der Waals surface area contributed by atoms with Gasteiger partial charge in [0.05, 0.1) is 6.54 Å². The highest BCUT2D eigenvalue weighted by molar-refractivity contribution is 5.94. The number of nitrogens with zero attached hydrogens (tertiary/aromatic N) is 1. The summed E-state index contributed by atoms with van der Waals surface area (Å²) in [7, 11) is 0. The van der Waals surface area contributed by atoms with Gasteiger partial charge in [0.2, 0.25) is 0 Å². The van der Waals surface area contributed by atoms with Gasteiger partial charge in [-0.05, 0) is 62.9 Å². The minimum absolute atomic E-state index is 0.165. The third kappa shape index (κ3) is 5.23. The summed E-state index contributed by atoms with van der Waals surface area (Å²) in [6.07, 6.45) is 2.41. The second-order valence-electron chi connectivity index (χ2n) is 8.29. The van der Waals surface area contributed by atoms with Gasteiger partial charge in [0.15, 0.2) is 0 Å². The van der Waals surface area contributed by atoms with E-state index in [1.54, 1.807) is 22.9 Å². The van der Waals surface area contributed by atoms with Crippen LogP contribution < -0.4 is 10.9 Å². The van der Waals surface area contributed by atoms with E-state index in [1.807, 2.05) is 57.2 Å². The molecule has 2 aromatic carbocycles. The van der Waals surface area contributed by atoms with Crippen LogP contribution in [-0.4, -0.2) is 16.0 Å². The molecule has 1 N–H and O–H groups in total. The number of aryl methyl sites for hydroxylation is 2. The first kappa shape index (κ1) is 20.6. The van der Waals surface area contributed by atoms with Gasteiger partial charge in [-0.3, -0.25) is 9.59 Å². The van der Waals surface area contributed by atoms with Gasteiger partial charge < -0.3 is 9.88 Å². The fourth-order valence-corrected chi connectivity index (χ4v) is 3.54. The Balaban J connectivity index is 1.78. The molecule has 0 spiro atoms. The molecule has 0 radical (unpaired) electrons. The number of hydrogen-bond acceptors (Lipinski definition) is 2. The van der Waals surface area contributed by atoms with Gasteiger partial charge in [0.25, 0.3) is 11.5 Å². The Kier molecular flexibility index (Phi) is 6.02. The van der Waals surface area contributed by atoms with Crippen LogP contribution in [0.25, 0.3) is 0 Å². The first-order chi connectivity index (χ1) is 13.7. The molecule has 0 saturated heterocycles. The van der Waals surface area contributed by atoms with E-state index in [4.69, 9.17) is 0 Å². The number of carbonyl (C=O) groups excluding carboxylic acids is 1. The predicted octanol–water partition coefficient (Wildman–Crippen LogP) is 4.26. The van der Waals surface area contributed by atoms with Gasteiger partial charge in [0.1, 0.15) is 5.56 Å². The third-order valence-electron chi connectivity index (χ3n) is 5.05. The smallest absolute Gasteiger partial charge is 0.263 e. The second kappa shape index (κ2) is 8.48. The summed E-state index contributed by atoms with van der Waals surface area (Å²) in [5, 5.41) is 3.04. The van der Waals surface area contributed by atoms with E-state index in [1.165, 1.54) is 11.1 Å². The van der Waals surface area contributed by atoms with Crippen LogP contribution in [0.15, 0.2) is 71.7 Å². The standard InChI is InChI=1S/C25H28N2O2/c1-18-9-7-11-20(15-18)17-27-14-8-13-22(24(27)29)23(28)26-25(3,4)16-21-12-6-5-10-19(21)2/h5-15H,16-17H2,1-4H3,(H,26,28). The summed E-state index contributed by atoms with van der Waals surface area (Å²) in [6, 6.07) is 19.5. The number of nitrogens with one attached hydrogen (secondary N) is 1. The van der Waals surface area contributed by atoms with E-state index in [2.05, 4.69) is 24.4 Å². The Labute approximate surface area is 172 Å². The Morgan fingerprint density at radius 3 is 2.48 bits per heavy atom. The molecule has 0 aliphatic carbocycles. The van der Waals surface area contributed by atoms with Gasteiger partial charge in [-0.25, -0.2) is 0 Å². The second-order valence-corrected chi connectivity index (χ2v) is 8.29. The fourth-order valence-electron chi connectivity index (χ4n) is 3.54. The van der Waals surface area contributed by atoms with Crippen molar-refractivity contribution in [3.63, 3.8) is 0 Å². The van der Waals surface area contributed by atoms with Crippen molar-refractivity contribution in [1.82, 2.24) is 9.88 Å². The normalized spacial score (nSPS) is 11.3. The SMILES string of the molecule is Cc1cccc(Cn2cccc(C(=O)NC(C)(C)Cc3ccccc3C)c2=O)c1. The van der Waals surface area contributed by atoms with Crippen molar-refractivity contribution in [3.8, 4) is 0 Å². The number of aromatic nitrogens is 1. The monoisotopic (exact) mass is 388 g/mol. The average molecular weight is 389 g/mol. The molecule has 29 heavy (non-hydrogen) atoms. The summed E-state index contributed by atoms with van der Waals surface area (Å²) >= 11 is 0. The Morgan fingerprint density at radius 2 is 1.76 bits per heavy atom. The number of rotatable bonds is 6. The zero-order valence-corrected chi connectivity index (χ0v) is 17.5. The fraction of sp³-hybridized carbons (Fsp3) is 0.280. The van der Waals surface area contributed by atoms with Gasteiger partial charge >= 0.3 is 0 Å². The molecule has 1 amide bonds. The van der Waals surface area contributed by atoms with E-state index >= 15 is 0 Å². The summed E-state index contributed by atoms with van der Waals surface area (Å²) in [5.74, 6) is -0.341. The zero-order valence-electron chi connectivity index (χ0n) is 17.5. The van der Waals surface area contributed by atoms with E-state index < -0.39 is 5.54 Å². The number of carbonyl (C=O) groups is 1. The lowest BCUT2D eigenvalue weighted by Crippen LogP contribution is -2.47. The highest BCUT2D eigenvalue weighted by Crippen LogP contribution is 2.16. The van der Waals surface area contributed by atoms with Crippen molar-refractivity contribution in [2.45, 2.75) is 46.2 Å². The lowest BCUT2D eigenvalue weighted by molar-refractivity contribution is 0.0910. The number of benzene rings is 2. The largest absolute Gasteiger partial charge is 0.347 e. The van der Waals surface area contributed by atoms with Crippen molar-refractivity contribution < 1.29 is 4.79 Å². The first-order valence-electron chi connectivity index (χ1n) is 9.87. The summed E-state index contributed by atoms with van der Waals surface area (Å²) in [6.45, 7) is 8.48. The Morgan fingerprint density at radius 1 is 1.00 bits per heavy atom. The molecular formula is C25H28N2O2. The van der Waals surface area contributed by atoms with E-state index in [0.717, 1.165) is 11.1 Å². The molecule has 1 aromatic heterocycles. The average Bonchev–Trinajstić information content (AvgIpc) is 2.65. The van der Waals surface area contributed by atoms with Crippen molar-refractivity contribution in [3.05, 3.63) is 105 Å². The van der Waals surface area contributed by atoms with Crippen LogP contribution in [-0.2, 0) is 13.0 Å². The van der Waals surface area contributed by atoms with Crippen molar-refractivity contribution in [2.24, 2.45) is 0 Å². The quantitative estimate of drug-likeness (QED) is 0.686. The molecule has 3 rings (SSSR count). The minimum atomic E-state index is -0.479. The topological polar surface area (TPSA) is 51.1 Å². The molecule has 0 saturated carbocycles. The lowest BCUT2D eigenvalue weighted by Gasteiger charge is -2.27. The van der Waals surface area contributed by atoms with Crippen LogP contribution in [0.2, 0.25) is 0 Å². The van der Waals surface area contributed by atoms with Crippen LogP contribution >= 0.6 is 0 Å². The maximum absolute atomic E-state index is 12.9. The van der Waals surface area contributed by atoms with Crippen LogP contribution in [0.5, 0.6) is 0 Å². The molecular weight excluding hydrogens is 360 g/mol. The summed E-state index contributed by atoms with van der Waals surface area (Å²) in [4.78, 5) is 25.8. The van der Waals surface area contributed by atoms with Crippen LogP contribution in [0.1, 0.15) is 46.5 Å². The van der Waals surface area contributed by atoms with Gasteiger partial charge in [-0.2, -0.15) is 0 Å². The molecule has 3 aromatic rings. The molecule has 4 heteroatoms. The van der Waals surface area contributed by atoms with Crippen LogP contribution in [0.3, 0.4) is 0 Å². The molecule has 0 bridgehead atoms. The maximum Gasteiger partial charge on any atom is 0.263 e. The van der Waals surface area contributed by atoms with Gasteiger partial charge in [-0.15, -0.1) is 0 Å². The van der Waals surface area contributed by atoms with Crippen molar-refractivity contribution in [1.29, 1.82) is 0 Å². The van der Waals surface area contributed by atoms with Crippen molar-refractivity contribution >= 4 is 5.91 Å². The number of amides is 1. The van der Waals surface area contributed by atoms with Crippen molar-refractivity contribution in [2.75, 3.05) is 0 Å². The third-order valence-corrected chi connectivity index (χ3v) is 5.05. The molecule has 4 nitrogen and oxygen atoms in total. The molecule has 0 aliphatic rings. The van der Waals surface area contributed by atoms with Gasteiger partial charge in [-0.1, -0.05) is 54.1 Å². The highest BCUT2D eigenvalue weighted by Gasteiger charge is 2.24.